The molecular formula is C11H15N5O. The lowest BCUT2D eigenvalue weighted by molar-refractivity contribution is 0.390. The summed E-state index contributed by atoms with van der Waals surface area (Å²) in [6.45, 7) is 1.17. The third-order valence-corrected chi connectivity index (χ3v) is 2.36. The first-order valence-corrected chi connectivity index (χ1v) is 5.40. The van der Waals surface area contributed by atoms with Crippen molar-refractivity contribution in [2.24, 2.45) is 5.73 Å². The summed E-state index contributed by atoms with van der Waals surface area (Å²) in [7, 11) is 1.60. The van der Waals surface area contributed by atoms with Crippen molar-refractivity contribution in [3.8, 4) is 5.88 Å². The molecule has 0 saturated carbocycles. The fourth-order valence-electron chi connectivity index (χ4n) is 1.58. The minimum absolute atomic E-state index is 0.578. The number of rotatable bonds is 5. The van der Waals surface area contributed by atoms with Gasteiger partial charge in [-0.3, -0.25) is 0 Å². The van der Waals surface area contributed by atoms with Crippen LogP contribution in [0, 0.1) is 0 Å². The van der Waals surface area contributed by atoms with Gasteiger partial charge in [-0.2, -0.15) is 0 Å². The normalized spacial score (nSPS) is 10.5. The van der Waals surface area contributed by atoms with Crippen LogP contribution in [0.3, 0.4) is 0 Å². The summed E-state index contributed by atoms with van der Waals surface area (Å²) in [5.74, 6) is 0.614. The molecule has 0 fully saturated rings. The first-order valence-electron chi connectivity index (χ1n) is 5.40. The van der Waals surface area contributed by atoms with E-state index in [0.717, 1.165) is 17.7 Å². The topological polar surface area (TPSA) is 78.9 Å². The van der Waals surface area contributed by atoms with Gasteiger partial charge in [-0.25, -0.2) is 9.67 Å². The molecule has 0 saturated heterocycles. The van der Waals surface area contributed by atoms with Crippen LogP contribution in [0.2, 0.25) is 0 Å². The zero-order valence-corrected chi connectivity index (χ0v) is 9.71. The molecule has 0 unspecified atom stereocenters. The van der Waals surface area contributed by atoms with Crippen molar-refractivity contribution in [1.29, 1.82) is 0 Å². The largest absolute Gasteiger partial charge is 0.481 e. The zero-order chi connectivity index (χ0) is 12.1. The lowest BCUT2D eigenvalue weighted by atomic mass is 10.2. The fourth-order valence-corrected chi connectivity index (χ4v) is 1.58. The van der Waals surface area contributed by atoms with Crippen LogP contribution < -0.4 is 10.5 Å². The van der Waals surface area contributed by atoms with E-state index in [1.165, 1.54) is 0 Å². The molecule has 6 nitrogen and oxygen atoms in total. The van der Waals surface area contributed by atoms with E-state index in [0.29, 0.717) is 19.0 Å². The van der Waals surface area contributed by atoms with Gasteiger partial charge in [-0.1, -0.05) is 11.3 Å². The molecule has 6 heteroatoms. The van der Waals surface area contributed by atoms with Crippen LogP contribution in [0.1, 0.15) is 11.3 Å². The van der Waals surface area contributed by atoms with Crippen LogP contribution in [-0.2, 0) is 13.0 Å². The van der Waals surface area contributed by atoms with E-state index in [-0.39, 0.29) is 0 Å². The van der Waals surface area contributed by atoms with Crippen molar-refractivity contribution in [2.75, 3.05) is 13.7 Å². The van der Waals surface area contributed by atoms with Gasteiger partial charge >= 0.3 is 0 Å². The Morgan fingerprint density at radius 3 is 3.12 bits per heavy atom. The molecule has 2 heterocycles. The average Bonchev–Trinajstić information content (AvgIpc) is 2.78. The van der Waals surface area contributed by atoms with E-state index in [1.807, 2.05) is 18.3 Å². The second kappa shape index (κ2) is 5.40. The monoisotopic (exact) mass is 233 g/mol. The summed E-state index contributed by atoms with van der Waals surface area (Å²) < 4.78 is 6.93. The van der Waals surface area contributed by atoms with Crippen LogP contribution in [0.15, 0.2) is 24.5 Å². The lowest BCUT2D eigenvalue weighted by Crippen LogP contribution is -2.04. The van der Waals surface area contributed by atoms with Gasteiger partial charge in [0.2, 0.25) is 5.88 Å². The highest BCUT2D eigenvalue weighted by Gasteiger charge is 2.06. The van der Waals surface area contributed by atoms with Crippen LogP contribution in [0.5, 0.6) is 5.88 Å². The second-order valence-electron chi connectivity index (χ2n) is 3.62. The number of aromatic nitrogens is 4. The average molecular weight is 233 g/mol. The van der Waals surface area contributed by atoms with Crippen molar-refractivity contribution in [3.05, 3.63) is 35.8 Å². The molecule has 90 valence electrons. The van der Waals surface area contributed by atoms with Gasteiger partial charge in [0.1, 0.15) is 0 Å². The summed E-state index contributed by atoms with van der Waals surface area (Å²) in [4.78, 5) is 4.13. The molecular weight excluding hydrogens is 218 g/mol. The number of nitrogens with zero attached hydrogens (tertiary/aromatic N) is 4. The van der Waals surface area contributed by atoms with E-state index in [2.05, 4.69) is 15.3 Å². The Kier molecular flexibility index (Phi) is 3.66. The molecule has 0 aliphatic heterocycles. The number of pyridine rings is 1. The summed E-state index contributed by atoms with van der Waals surface area (Å²) in [6, 6.07) is 3.83. The predicted octanol–water partition coefficient (Wildman–Crippen LogP) is 0.231. The van der Waals surface area contributed by atoms with Gasteiger partial charge in [-0.05, 0) is 12.6 Å². The molecule has 2 N–H and O–H groups in total. The van der Waals surface area contributed by atoms with Gasteiger partial charge in [0, 0.05) is 24.4 Å². The first-order chi connectivity index (χ1) is 8.33. The molecule has 2 aromatic heterocycles. The quantitative estimate of drug-likeness (QED) is 0.799. The SMILES string of the molecule is COc1ncccc1Cn1cc(CCN)nn1. The second-order valence-corrected chi connectivity index (χ2v) is 3.62. The van der Waals surface area contributed by atoms with Crippen molar-refractivity contribution in [1.82, 2.24) is 20.0 Å². The number of nitrogens with two attached hydrogens (primary N) is 1. The van der Waals surface area contributed by atoms with Gasteiger partial charge in [0.15, 0.2) is 0 Å². The molecule has 0 amide bonds. The van der Waals surface area contributed by atoms with Gasteiger partial charge in [0.05, 0.1) is 19.3 Å². The smallest absolute Gasteiger partial charge is 0.218 e. The van der Waals surface area contributed by atoms with Gasteiger partial charge < -0.3 is 10.5 Å². The molecule has 0 aliphatic carbocycles. The number of hydrogen-bond acceptors (Lipinski definition) is 5. The minimum atomic E-state index is 0.578. The molecule has 2 rings (SSSR count). The Bertz CT molecular complexity index is 482. The van der Waals surface area contributed by atoms with E-state index in [9.17, 15) is 0 Å². The summed E-state index contributed by atoms with van der Waals surface area (Å²) in [6.07, 6.45) is 4.33. The molecule has 0 atom stereocenters. The maximum absolute atomic E-state index is 5.46. The molecule has 17 heavy (non-hydrogen) atoms. The van der Waals surface area contributed by atoms with Gasteiger partial charge in [0.25, 0.3) is 0 Å². The van der Waals surface area contributed by atoms with Crippen LogP contribution in [-0.4, -0.2) is 33.6 Å². The highest BCUT2D eigenvalue weighted by molar-refractivity contribution is 5.25. The molecule has 0 spiro atoms. The Hall–Kier alpha value is -1.95. The molecule has 0 aliphatic rings. The highest BCUT2D eigenvalue weighted by atomic mass is 16.5. The first kappa shape index (κ1) is 11.5. The predicted molar refractivity (Wildman–Crippen MR) is 62.7 cm³/mol. The number of methoxy groups -OCH3 is 1. The molecule has 0 bridgehead atoms. The maximum Gasteiger partial charge on any atom is 0.218 e. The molecule has 0 aromatic carbocycles. The van der Waals surface area contributed by atoms with E-state index >= 15 is 0 Å². The fraction of sp³-hybridized carbons (Fsp3) is 0.364. The third kappa shape index (κ3) is 2.79. The number of ether oxygens (including phenoxy) is 1. The Morgan fingerprint density at radius 2 is 2.35 bits per heavy atom. The van der Waals surface area contributed by atoms with E-state index < -0.39 is 0 Å². The van der Waals surface area contributed by atoms with Crippen molar-refractivity contribution in [3.63, 3.8) is 0 Å². The Morgan fingerprint density at radius 1 is 1.47 bits per heavy atom. The van der Waals surface area contributed by atoms with Gasteiger partial charge in [-0.15, -0.1) is 5.10 Å². The highest BCUT2D eigenvalue weighted by Crippen LogP contribution is 2.14. The lowest BCUT2D eigenvalue weighted by Gasteiger charge is -2.05. The third-order valence-electron chi connectivity index (χ3n) is 2.36. The van der Waals surface area contributed by atoms with E-state index in [4.69, 9.17) is 10.5 Å². The van der Waals surface area contributed by atoms with Crippen molar-refractivity contribution >= 4 is 0 Å². The Balaban J connectivity index is 2.13. The molecule has 2 aromatic rings. The van der Waals surface area contributed by atoms with Crippen LogP contribution in [0.4, 0.5) is 0 Å². The van der Waals surface area contributed by atoms with Crippen molar-refractivity contribution in [2.45, 2.75) is 13.0 Å². The maximum atomic E-state index is 5.46. The summed E-state index contributed by atoms with van der Waals surface area (Å²) in [5, 5.41) is 8.06. The minimum Gasteiger partial charge on any atom is -0.481 e. The summed E-state index contributed by atoms with van der Waals surface area (Å²) >= 11 is 0. The summed E-state index contributed by atoms with van der Waals surface area (Å²) in [5.41, 5.74) is 7.33. The van der Waals surface area contributed by atoms with E-state index in [1.54, 1.807) is 18.0 Å². The van der Waals surface area contributed by atoms with Crippen molar-refractivity contribution < 1.29 is 4.74 Å². The Labute approximate surface area is 99.4 Å². The molecule has 0 radical (unpaired) electrons. The van der Waals surface area contributed by atoms with Crippen LogP contribution in [0.25, 0.3) is 0 Å². The van der Waals surface area contributed by atoms with Crippen LogP contribution >= 0.6 is 0 Å². The standard InChI is InChI=1S/C11H15N5O/c1-17-11-9(3-2-6-13-11)7-16-8-10(4-5-12)14-15-16/h2-3,6,8H,4-5,7,12H2,1H3. The number of hydrogen-bond donors (Lipinski definition) is 1. The zero-order valence-electron chi connectivity index (χ0n) is 9.71.